The highest BCUT2D eigenvalue weighted by molar-refractivity contribution is 6.32. The van der Waals surface area contributed by atoms with Gasteiger partial charge in [-0.25, -0.2) is 9.48 Å². The molecule has 0 aromatic carbocycles. The molecule has 0 atom stereocenters. The third-order valence-corrected chi connectivity index (χ3v) is 4.07. The van der Waals surface area contributed by atoms with Crippen molar-refractivity contribution in [3.63, 3.8) is 0 Å². The molecule has 0 radical (unpaired) electrons. The third-order valence-electron chi connectivity index (χ3n) is 3.79. The number of rotatable bonds is 2. The normalized spacial score (nSPS) is 14.9. The lowest BCUT2D eigenvalue weighted by Crippen LogP contribution is -2.39. The summed E-state index contributed by atoms with van der Waals surface area (Å²) >= 11 is 6.09. The van der Waals surface area contributed by atoms with E-state index in [9.17, 15) is 4.79 Å². The lowest BCUT2D eigenvalue weighted by molar-refractivity contribution is 0.0269. The number of nitrogens with two attached hydrogens (primary N) is 1. The SMILES string of the molecule is CC(C)(C)OC(=O)N1CC=C(n2cc(-c3cc(N)nnc3Cl)cn2)CC1. The average molecular weight is 377 g/mol. The van der Waals surface area contributed by atoms with E-state index in [4.69, 9.17) is 22.1 Å². The average Bonchev–Trinajstić information content (AvgIpc) is 3.05. The summed E-state index contributed by atoms with van der Waals surface area (Å²) in [6.45, 7) is 6.61. The van der Waals surface area contributed by atoms with Crippen LogP contribution in [0.4, 0.5) is 10.6 Å². The Morgan fingerprint density at radius 1 is 1.35 bits per heavy atom. The number of hydrogen-bond acceptors (Lipinski definition) is 6. The fourth-order valence-corrected chi connectivity index (χ4v) is 2.77. The van der Waals surface area contributed by atoms with Gasteiger partial charge in [-0.05, 0) is 32.9 Å². The third kappa shape index (κ3) is 4.13. The molecular formula is C17H21ClN6O2. The summed E-state index contributed by atoms with van der Waals surface area (Å²) in [4.78, 5) is 13.8. The van der Waals surface area contributed by atoms with Crippen LogP contribution in [0.2, 0.25) is 5.15 Å². The Morgan fingerprint density at radius 3 is 2.77 bits per heavy atom. The monoisotopic (exact) mass is 376 g/mol. The van der Waals surface area contributed by atoms with E-state index in [1.54, 1.807) is 21.8 Å². The van der Waals surface area contributed by atoms with Gasteiger partial charge in [-0.1, -0.05) is 11.6 Å². The first-order valence-corrected chi connectivity index (χ1v) is 8.62. The minimum Gasteiger partial charge on any atom is -0.444 e. The zero-order chi connectivity index (χ0) is 18.9. The minimum absolute atomic E-state index is 0.271. The van der Waals surface area contributed by atoms with Gasteiger partial charge >= 0.3 is 6.09 Å². The van der Waals surface area contributed by atoms with E-state index in [0.29, 0.717) is 30.9 Å². The molecule has 0 unspecified atom stereocenters. The van der Waals surface area contributed by atoms with Gasteiger partial charge in [0.05, 0.1) is 6.20 Å². The molecule has 2 aromatic heterocycles. The van der Waals surface area contributed by atoms with Crippen molar-refractivity contribution in [2.24, 2.45) is 0 Å². The van der Waals surface area contributed by atoms with Gasteiger partial charge in [-0.2, -0.15) is 5.10 Å². The molecular weight excluding hydrogens is 356 g/mol. The Balaban J connectivity index is 1.73. The van der Waals surface area contributed by atoms with Crippen molar-refractivity contribution >= 4 is 29.2 Å². The molecule has 0 bridgehead atoms. The van der Waals surface area contributed by atoms with Crippen LogP contribution in [0.1, 0.15) is 27.2 Å². The summed E-state index contributed by atoms with van der Waals surface area (Å²) in [7, 11) is 0. The van der Waals surface area contributed by atoms with Crippen molar-refractivity contribution < 1.29 is 9.53 Å². The number of carbonyl (C=O) groups excluding carboxylic acids is 1. The number of carbonyl (C=O) groups is 1. The van der Waals surface area contributed by atoms with E-state index in [0.717, 1.165) is 11.3 Å². The van der Waals surface area contributed by atoms with Gasteiger partial charge in [-0.3, -0.25) is 0 Å². The van der Waals surface area contributed by atoms with Gasteiger partial charge in [0, 0.05) is 42.5 Å². The van der Waals surface area contributed by atoms with Crippen LogP contribution in [0.25, 0.3) is 16.8 Å². The van der Waals surface area contributed by atoms with E-state index in [2.05, 4.69) is 15.3 Å². The quantitative estimate of drug-likeness (QED) is 0.864. The van der Waals surface area contributed by atoms with Crippen LogP contribution >= 0.6 is 11.6 Å². The van der Waals surface area contributed by atoms with E-state index in [-0.39, 0.29) is 11.2 Å². The Morgan fingerprint density at radius 2 is 2.12 bits per heavy atom. The van der Waals surface area contributed by atoms with Crippen LogP contribution in [0, 0.1) is 0 Å². The molecule has 0 saturated carbocycles. The molecule has 2 N–H and O–H groups in total. The van der Waals surface area contributed by atoms with Crippen LogP contribution in [-0.4, -0.2) is 49.7 Å². The molecule has 3 rings (SSSR count). The number of amides is 1. The molecule has 26 heavy (non-hydrogen) atoms. The number of nitrogen functional groups attached to an aromatic ring is 1. The van der Waals surface area contributed by atoms with Gasteiger partial charge < -0.3 is 15.4 Å². The lowest BCUT2D eigenvalue weighted by Gasteiger charge is -2.29. The van der Waals surface area contributed by atoms with Crippen molar-refractivity contribution in [3.05, 3.63) is 29.7 Å². The molecule has 0 saturated heterocycles. The van der Waals surface area contributed by atoms with Crippen molar-refractivity contribution in [1.82, 2.24) is 24.9 Å². The van der Waals surface area contributed by atoms with Crippen LogP contribution in [0.3, 0.4) is 0 Å². The predicted molar refractivity (Wildman–Crippen MR) is 99.4 cm³/mol. The summed E-state index contributed by atoms with van der Waals surface area (Å²) in [6.07, 6.45) is 5.88. The van der Waals surface area contributed by atoms with Crippen molar-refractivity contribution in [2.75, 3.05) is 18.8 Å². The first-order valence-electron chi connectivity index (χ1n) is 8.24. The number of halogens is 1. The highest BCUT2D eigenvalue weighted by Crippen LogP contribution is 2.28. The molecule has 1 aliphatic rings. The molecule has 3 heterocycles. The maximum atomic E-state index is 12.1. The molecule has 0 fully saturated rings. The van der Waals surface area contributed by atoms with Crippen LogP contribution in [-0.2, 0) is 4.74 Å². The smallest absolute Gasteiger partial charge is 0.410 e. The largest absolute Gasteiger partial charge is 0.444 e. The second-order valence-corrected chi connectivity index (χ2v) is 7.38. The summed E-state index contributed by atoms with van der Waals surface area (Å²) in [5, 5.41) is 12.2. The molecule has 1 amide bonds. The highest BCUT2D eigenvalue weighted by atomic mass is 35.5. The Labute approximate surface area is 156 Å². The van der Waals surface area contributed by atoms with Crippen molar-refractivity contribution in [3.8, 4) is 11.1 Å². The van der Waals surface area contributed by atoms with Crippen molar-refractivity contribution in [1.29, 1.82) is 0 Å². The molecule has 1 aliphatic heterocycles. The number of ether oxygens (including phenoxy) is 1. The zero-order valence-corrected chi connectivity index (χ0v) is 15.7. The summed E-state index contributed by atoms with van der Waals surface area (Å²) in [6, 6.07) is 1.66. The molecule has 0 aliphatic carbocycles. The Hall–Kier alpha value is -2.61. The van der Waals surface area contributed by atoms with Gasteiger partial charge in [0.15, 0.2) is 5.15 Å². The van der Waals surface area contributed by atoms with Gasteiger partial charge in [-0.15, -0.1) is 10.2 Å². The van der Waals surface area contributed by atoms with Crippen LogP contribution < -0.4 is 5.73 Å². The standard InChI is InChI=1S/C17H21ClN6O2/c1-17(2,3)26-16(25)23-6-4-12(5-7-23)24-10-11(9-20-24)13-8-14(19)21-22-15(13)18/h4,8-10H,5-7H2,1-3H3,(H2,19,21). The fraction of sp³-hybridized carbons (Fsp3) is 0.412. The van der Waals surface area contributed by atoms with E-state index in [1.807, 2.05) is 33.0 Å². The first kappa shape index (κ1) is 18.2. The summed E-state index contributed by atoms with van der Waals surface area (Å²) in [5.74, 6) is 0.294. The molecule has 138 valence electrons. The molecule has 9 heteroatoms. The number of nitrogens with zero attached hydrogens (tertiary/aromatic N) is 5. The molecule has 8 nitrogen and oxygen atoms in total. The van der Waals surface area contributed by atoms with Gasteiger partial charge in [0.1, 0.15) is 11.4 Å². The van der Waals surface area contributed by atoms with E-state index < -0.39 is 5.60 Å². The maximum Gasteiger partial charge on any atom is 0.410 e. The predicted octanol–water partition coefficient (Wildman–Crippen LogP) is 3.06. The maximum absolute atomic E-state index is 12.1. The topological polar surface area (TPSA) is 99.2 Å². The van der Waals surface area contributed by atoms with E-state index >= 15 is 0 Å². The molecule has 2 aromatic rings. The van der Waals surface area contributed by atoms with Gasteiger partial charge in [0.2, 0.25) is 0 Å². The minimum atomic E-state index is -0.502. The Bertz CT molecular complexity index is 855. The molecule has 0 spiro atoms. The number of anilines is 1. The first-order chi connectivity index (χ1) is 12.2. The Kier molecular flexibility index (Phi) is 4.86. The second-order valence-electron chi connectivity index (χ2n) is 7.02. The lowest BCUT2D eigenvalue weighted by atomic mass is 10.1. The number of aromatic nitrogens is 4. The number of hydrogen-bond donors (Lipinski definition) is 1. The van der Waals surface area contributed by atoms with Gasteiger partial charge in [0.25, 0.3) is 0 Å². The van der Waals surface area contributed by atoms with Crippen LogP contribution in [0.5, 0.6) is 0 Å². The highest BCUT2D eigenvalue weighted by Gasteiger charge is 2.24. The summed E-state index contributed by atoms with van der Waals surface area (Å²) in [5.41, 5.74) is 7.66. The van der Waals surface area contributed by atoms with Crippen molar-refractivity contribution in [2.45, 2.75) is 32.8 Å². The summed E-state index contributed by atoms with van der Waals surface area (Å²) < 4.78 is 7.17. The zero-order valence-electron chi connectivity index (χ0n) is 14.9. The van der Waals surface area contributed by atoms with Crippen LogP contribution in [0.15, 0.2) is 24.5 Å². The fourth-order valence-electron chi connectivity index (χ4n) is 2.57. The second kappa shape index (κ2) is 6.95. The van der Waals surface area contributed by atoms with E-state index in [1.165, 1.54) is 0 Å².